The van der Waals surface area contributed by atoms with Crippen LogP contribution in [0.15, 0.2) is 21.1 Å². The lowest BCUT2D eigenvalue weighted by molar-refractivity contribution is 0.461. The van der Waals surface area contributed by atoms with Crippen LogP contribution in [-0.2, 0) is 0 Å². The predicted molar refractivity (Wildman–Crippen MR) is 60.7 cm³/mol. The van der Waals surface area contributed by atoms with E-state index in [0.717, 1.165) is 8.95 Å². The Morgan fingerprint density at radius 1 is 1.43 bits per heavy atom. The second-order valence-electron chi connectivity index (χ2n) is 2.79. The maximum absolute atomic E-state index is 9.57. The Morgan fingerprint density at radius 3 is 2.57 bits per heavy atom. The van der Waals surface area contributed by atoms with Gasteiger partial charge in [-0.1, -0.05) is 0 Å². The molecule has 0 saturated heterocycles. The minimum Gasteiger partial charge on any atom is -0.508 e. The minimum atomic E-state index is -0.454. The quantitative estimate of drug-likeness (QED) is 0.880. The van der Waals surface area contributed by atoms with E-state index in [1.165, 1.54) is 0 Å². The Balaban J connectivity index is 3.10. The number of hydrogen-bond acceptors (Lipinski definition) is 3. The van der Waals surface area contributed by atoms with Crippen LogP contribution in [0.1, 0.15) is 18.0 Å². The van der Waals surface area contributed by atoms with E-state index < -0.39 is 6.04 Å². The van der Waals surface area contributed by atoms with E-state index in [4.69, 9.17) is 11.0 Å². The molecule has 14 heavy (non-hydrogen) atoms. The highest BCUT2D eigenvalue weighted by molar-refractivity contribution is 9.13. The van der Waals surface area contributed by atoms with Gasteiger partial charge in [0.2, 0.25) is 0 Å². The minimum absolute atomic E-state index is 0.0998. The van der Waals surface area contributed by atoms with Gasteiger partial charge in [0.25, 0.3) is 0 Å². The van der Waals surface area contributed by atoms with Crippen molar-refractivity contribution in [3.63, 3.8) is 0 Å². The lowest BCUT2D eigenvalue weighted by Gasteiger charge is -2.11. The molecule has 0 aromatic heterocycles. The van der Waals surface area contributed by atoms with E-state index >= 15 is 0 Å². The monoisotopic (exact) mass is 318 g/mol. The smallest absolute Gasteiger partial charge is 0.121 e. The molecule has 0 aliphatic rings. The molecule has 0 spiro atoms. The number of benzene rings is 1. The van der Waals surface area contributed by atoms with Gasteiger partial charge in [-0.3, -0.25) is 0 Å². The summed E-state index contributed by atoms with van der Waals surface area (Å²) in [5.41, 5.74) is 6.28. The molecule has 0 amide bonds. The number of halogens is 2. The molecule has 0 heterocycles. The van der Waals surface area contributed by atoms with E-state index in [2.05, 4.69) is 31.9 Å². The normalized spacial score (nSPS) is 12.1. The molecule has 74 valence electrons. The van der Waals surface area contributed by atoms with E-state index in [0.29, 0.717) is 5.56 Å². The summed E-state index contributed by atoms with van der Waals surface area (Å²) in [6.45, 7) is 0. The molecule has 1 aromatic rings. The molecule has 1 rings (SSSR count). The highest BCUT2D eigenvalue weighted by atomic mass is 79.9. The van der Waals surface area contributed by atoms with Crippen LogP contribution in [0.3, 0.4) is 0 Å². The van der Waals surface area contributed by atoms with Gasteiger partial charge in [0.1, 0.15) is 5.75 Å². The van der Waals surface area contributed by atoms with Gasteiger partial charge < -0.3 is 10.8 Å². The second kappa shape index (κ2) is 4.78. The molecule has 0 saturated carbocycles. The van der Waals surface area contributed by atoms with Gasteiger partial charge in [0, 0.05) is 20.6 Å². The largest absolute Gasteiger partial charge is 0.508 e. The molecule has 0 bridgehead atoms. The van der Waals surface area contributed by atoms with E-state index in [9.17, 15) is 5.11 Å². The van der Waals surface area contributed by atoms with Crippen molar-refractivity contribution in [2.45, 2.75) is 12.5 Å². The summed E-state index contributed by atoms with van der Waals surface area (Å²) in [6, 6.07) is 4.77. The van der Waals surface area contributed by atoms with Crippen molar-refractivity contribution in [2.24, 2.45) is 5.73 Å². The van der Waals surface area contributed by atoms with Crippen LogP contribution in [0, 0.1) is 11.3 Å². The number of nitrogens with zero attached hydrogens (tertiary/aromatic N) is 1. The van der Waals surface area contributed by atoms with Crippen molar-refractivity contribution in [2.75, 3.05) is 0 Å². The van der Waals surface area contributed by atoms with Crippen molar-refractivity contribution in [3.8, 4) is 11.8 Å². The number of nitrogens with two attached hydrogens (primary N) is 1. The van der Waals surface area contributed by atoms with Crippen LogP contribution < -0.4 is 5.73 Å². The maximum Gasteiger partial charge on any atom is 0.121 e. The Morgan fingerprint density at radius 2 is 2.00 bits per heavy atom. The van der Waals surface area contributed by atoms with Crippen molar-refractivity contribution >= 4 is 31.9 Å². The average Bonchev–Trinajstić information content (AvgIpc) is 2.11. The Bertz CT molecular complexity index is 387. The fraction of sp³-hybridized carbons (Fsp3) is 0.222. The maximum atomic E-state index is 9.57. The van der Waals surface area contributed by atoms with Gasteiger partial charge in [0.05, 0.1) is 12.5 Å². The molecule has 0 unspecified atom stereocenters. The Kier molecular flexibility index (Phi) is 3.93. The molecule has 1 aromatic carbocycles. The summed E-state index contributed by atoms with van der Waals surface area (Å²) in [5, 5.41) is 18.1. The van der Waals surface area contributed by atoms with Gasteiger partial charge >= 0.3 is 0 Å². The lowest BCUT2D eigenvalue weighted by Crippen LogP contribution is -2.09. The SMILES string of the molecule is N#CC[C@H](N)c1cc(Br)c(Br)cc1O. The number of hydrogen-bond donors (Lipinski definition) is 2. The highest BCUT2D eigenvalue weighted by Gasteiger charge is 2.12. The number of phenolic OH excluding ortho intramolecular Hbond substituents is 1. The third-order valence-corrected chi connectivity index (χ3v) is 3.62. The van der Waals surface area contributed by atoms with Gasteiger partial charge in [-0.2, -0.15) is 5.26 Å². The summed E-state index contributed by atoms with van der Waals surface area (Å²) in [6.07, 6.45) is 0.182. The molecule has 3 N–H and O–H groups in total. The first-order valence-electron chi connectivity index (χ1n) is 3.86. The average molecular weight is 320 g/mol. The van der Waals surface area contributed by atoms with Crippen LogP contribution in [-0.4, -0.2) is 5.11 Å². The number of aromatic hydroxyl groups is 1. The highest BCUT2D eigenvalue weighted by Crippen LogP contribution is 2.33. The fourth-order valence-electron chi connectivity index (χ4n) is 1.06. The zero-order valence-electron chi connectivity index (χ0n) is 7.17. The van der Waals surface area contributed by atoms with Crippen LogP contribution >= 0.6 is 31.9 Å². The van der Waals surface area contributed by atoms with Gasteiger partial charge in [0.15, 0.2) is 0 Å². The first-order valence-corrected chi connectivity index (χ1v) is 5.45. The van der Waals surface area contributed by atoms with Crippen LogP contribution in [0.2, 0.25) is 0 Å². The van der Waals surface area contributed by atoms with Crippen molar-refractivity contribution in [1.29, 1.82) is 5.26 Å². The molecule has 1 atom stereocenters. The molecule has 3 nitrogen and oxygen atoms in total. The number of rotatable bonds is 2. The summed E-state index contributed by atoms with van der Waals surface area (Å²) >= 11 is 6.56. The van der Waals surface area contributed by atoms with Crippen LogP contribution in [0.25, 0.3) is 0 Å². The van der Waals surface area contributed by atoms with Crippen LogP contribution in [0.4, 0.5) is 0 Å². The van der Waals surface area contributed by atoms with Crippen molar-refractivity contribution < 1.29 is 5.11 Å². The fourth-order valence-corrected chi connectivity index (χ4v) is 1.75. The molecule has 0 fully saturated rings. The van der Waals surface area contributed by atoms with Gasteiger partial charge in [-0.15, -0.1) is 0 Å². The molecule has 0 aliphatic heterocycles. The van der Waals surface area contributed by atoms with Crippen LogP contribution in [0.5, 0.6) is 5.75 Å². The topological polar surface area (TPSA) is 70.0 Å². The standard InChI is InChI=1S/C9H8Br2N2O/c10-6-3-5(8(13)1-2-12)9(14)4-7(6)11/h3-4,8,14H,1,13H2/t8-/m0/s1. The summed E-state index contributed by atoms with van der Waals surface area (Å²) in [4.78, 5) is 0. The van der Waals surface area contributed by atoms with Crippen molar-refractivity contribution in [1.82, 2.24) is 0 Å². The van der Waals surface area contributed by atoms with Crippen molar-refractivity contribution in [3.05, 3.63) is 26.6 Å². The van der Waals surface area contributed by atoms with E-state index in [-0.39, 0.29) is 12.2 Å². The molecular weight excluding hydrogens is 312 g/mol. The predicted octanol–water partition coefficient (Wildman–Crippen LogP) is 2.83. The summed E-state index contributed by atoms with van der Waals surface area (Å²) in [5.74, 6) is 0.0998. The molecular formula is C9H8Br2N2O. The lowest BCUT2D eigenvalue weighted by atomic mass is 10.0. The molecule has 0 radical (unpaired) electrons. The molecule has 5 heteroatoms. The zero-order valence-corrected chi connectivity index (χ0v) is 10.3. The number of phenols is 1. The summed E-state index contributed by atoms with van der Waals surface area (Å²) in [7, 11) is 0. The zero-order chi connectivity index (χ0) is 10.7. The van der Waals surface area contributed by atoms with E-state index in [1.807, 2.05) is 6.07 Å². The first kappa shape index (κ1) is 11.5. The first-order chi connectivity index (χ1) is 6.56. The van der Waals surface area contributed by atoms with E-state index in [1.54, 1.807) is 12.1 Å². The number of nitriles is 1. The summed E-state index contributed by atoms with van der Waals surface area (Å²) < 4.78 is 1.56. The second-order valence-corrected chi connectivity index (χ2v) is 4.50. The third-order valence-electron chi connectivity index (χ3n) is 1.78. The Labute approximate surface area is 98.8 Å². The molecule has 0 aliphatic carbocycles. The van der Waals surface area contributed by atoms with Gasteiger partial charge in [-0.05, 0) is 44.0 Å². The third kappa shape index (κ3) is 2.47. The Hall–Kier alpha value is -0.570. The van der Waals surface area contributed by atoms with Gasteiger partial charge in [-0.25, -0.2) is 0 Å².